The third-order valence-electron chi connectivity index (χ3n) is 3.14. The molecule has 1 aromatic rings. The van der Waals surface area contributed by atoms with Gasteiger partial charge in [-0.25, -0.2) is 4.39 Å². The fourth-order valence-corrected chi connectivity index (χ4v) is 1.97. The van der Waals surface area contributed by atoms with E-state index in [1.807, 2.05) is 20.0 Å². The molecular formula is C12H17FN2. The van der Waals surface area contributed by atoms with Gasteiger partial charge in [-0.3, -0.25) is 0 Å². The average molecular weight is 208 g/mol. The van der Waals surface area contributed by atoms with Crippen LogP contribution in [-0.4, -0.2) is 26.2 Å². The third kappa shape index (κ3) is 1.84. The highest BCUT2D eigenvalue weighted by Crippen LogP contribution is 2.25. The lowest BCUT2D eigenvalue weighted by Gasteiger charge is -2.38. The minimum absolute atomic E-state index is 0.0888. The lowest BCUT2D eigenvalue weighted by atomic mass is 10.1. The fraction of sp³-hybridized carbons (Fsp3) is 0.500. The Hall–Kier alpha value is -1.09. The van der Waals surface area contributed by atoms with Crippen molar-refractivity contribution in [3.63, 3.8) is 0 Å². The number of anilines is 1. The van der Waals surface area contributed by atoms with Crippen LogP contribution in [0.25, 0.3) is 0 Å². The van der Waals surface area contributed by atoms with Gasteiger partial charge in [0.2, 0.25) is 0 Å². The highest BCUT2D eigenvalue weighted by Gasteiger charge is 2.23. The maximum Gasteiger partial charge on any atom is 0.128 e. The number of likely N-dealkylation sites (N-methyl/N-ethyl adjacent to an activating group) is 1. The third-order valence-corrected chi connectivity index (χ3v) is 3.14. The molecule has 0 aromatic heterocycles. The standard InChI is InChI=1S/C12H17FN2/c1-3-10-11(13)5-4-6-12(10)15(2)9-7-14-8-9/h4-6,9,14H,3,7-8H2,1-2H3. The average Bonchev–Trinajstić information content (AvgIpc) is 2.14. The van der Waals surface area contributed by atoms with Gasteiger partial charge in [-0.1, -0.05) is 13.0 Å². The van der Waals surface area contributed by atoms with Crippen LogP contribution in [0.15, 0.2) is 18.2 Å². The molecule has 2 rings (SSSR count). The molecular weight excluding hydrogens is 191 g/mol. The number of nitrogens with zero attached hydrogens (tertiary/aromatic N) is 1. The van der Waals surface area contributed by atoms with Crippen molar-refractivity contribution >= 4 is 5.69 Å². The summed E-state index contributed by atoms with van der Waals surface area (Å²) in [5.41, 5.74) is 1.86. The molecule has 2 nitrogen and oxygen atoms in total. The number of nitrogens with one attached hydrogen (secondary N) is 1. The summed E-state index contributed by atoms with van der Waals surface area (Å²) in [4.78, 5) is 2.18. The second-order valence-corrected chi connectivity index (χ2v) is 4.01. The van der Waals surface area contributed by atoms with Gasteiger partial charge in [0.1, 0.15) is 5.82 Å². The first-order valence-corrected chi connectivity index (χ1v) is 5.45. The van der Waals surface area contributed by atoms with E-state index in [2.05, 4.69) is 10.2 Å². The summed E-state index contributed by atoms with van der Waals surface area (Å²) in [6.45, 7) is 3.99. The van der Waals surface area contributed by atoms with Crippen molar-refractivity contribution in [2.75, 3.05) is 25.0 Å². The maximum absolute atomic E-state index is 13.6. The van der Waals surface area contributed by atoms with Gasteiger partial charge in [-0.05, 0) is 18.6 Å². The van der Waals surface area contributed by atoms with Crippen LogP contribution >= 0.6 is 0 Å². The molecule has 0 amide bonds. The van der Waals surface area contributed by atoms with Gasteiger partial charge in [0.15, 0.2) is 0 Å². The van der Waals surface area contributed by atoms with E-state index in [-0.39, 0.29) is 5.82 Å². The van der Waals surface area contributed by atoms with Crippen molar-refractivity contribution in [1.82, 2.24) is 5.32 Å². The van der Waals surface area contributed by atoms with Crippen molar-refractivity contribution in [2.24, 2.45) is 0 Å². The van der Waals surface area contributed by atoms with Gasteiger partial charge in [-0.15, -0.1) is 0 Å². The van der Waals surface area contributed by atoms with Crippen molar-refractivity contribution < 1.29 is 4.39 Å². The molecule has 15 heavy (non-hydrogen) atoms. The van der Waals surface area contributed by atoms with E-state index < -0.39 is 0 Å². The molecule has 1 fully saturated rings. The Labute approximate surface area is 90.1 Å². The predicted octanol–water partition coefficient (Wildman–Crippen LogP) is 1.80. The summed E-state index contributed by atoms with van der Waals surface area (Å²) in [6.07, 6.45) is 0.743. The first-order valence-electron chi connectivity index (χ1n) is 5.45. The van der Waals surface area contributed by atoms with Gasteiger partial charge in [0.05, 0.1) is 6.04 Å². The van der Waals surface area contributed by atoms with Gasteiger partial charge < -0.3 is 10.2 Å². The summed E-state index contributed by atoms with van der Waals surface area (Å²) in [5.74, 6) is -0.0888. The largest absolute Gasteiger partial charge is 0.369 e. The molecule has 1 aromatic carbocycles. The molecule has 1 aliphatic rings. The van der Waals surface area contributed by atoms with Gasteiger partial charge in [0.25, 0.3) is 0 Å². The summed E-state index contributed by atoms with van der Waals surface area (Å²) in [6, 6.07) is 5.83. The van der Waals surface area contributed by atoms with Crippen LogP contribution in [0, 0.1) is 5.82 Å². The van der Waals surface area contributed by atoms with Gasteiger partial charge in [0, 0.05) is 31.4 Å². The lowest BCUT2D eigenvalue weighted by molar-refractivity contribution is 0.427. The lowest BCUT2D eigenvalue weighted by Crippen LogP contribution is -2.56. The SMILES string of the molecule is CCc1c(F)cccc1N(C)C1CNC1. The molecule has 0 unspecified atom stereocenters. The minimum atomic E-state index is -0.0888. The van der Waals surface area contributed by atoms with E-state index in [0.717, 1.165) is 30.8 Å². The van der Waals surface area contributed by atoms with Crippen LogP contribution in [-0.2, 0) is 6.42 Å². The zero-order chi connectivity index (χ0) is 10.8. The van der Waals surface area contributed by atoms with Crippen LogP contribution in [0.4, 0.5) is 10.1 Å². The number of benzene rings is 1. The quantitative estimate of drug-likeness (QED) is 0.814. The monoisotopic (exact) mass is 208 g/mol. The predicted molar refractivity (Wildman–Crippen MR) is 60.8 cm³/mol. The summed E-state index contributed by atoms with van der Waals surface area (Å²) >= 11 is 0. The molecule has 1 N–H and O–H groups in total. The van der Waals surface area contributed by atoms with Crippen molar-refractivity contribution in [1.29, 1.82) is 0 Å². The van der Waals surface area contributed by atoms with Crippen LogP contribution < -0.4 is 10.2 Å². The normalized spacial score (nSPS) is 16.2. The van der Waals surface area contributed by atoms with E-state index in [1.54, 1.807) is 6.07 Å². The topological polar surface area (TPSA) is 15.3 Å². The van der Waals surface area contributed by atoms with Crippen LogP contribution in [0.5, 0.6) is 0 Å². The smallest absolute Gasteiger partial charge is 0.128 e. The molecule has 1 saturated heterocycles. The molecule has 0 aliphatic carbocycles. The Morgan fingerprint density at radius 2 is 2.20 bits per heavy atom. The number of hydrogen-bond donors (Lipinski definition) is 1. The summed E-state index contributed by atoms with van der Waals surface area (Å²) in [7, 11) is 2.04. The van der Waals surface area contributed by atoms with Gasteiger partial charge >= 0.3 is 0 Å². The van der Waals surface area contributed by atoms with Crippen molar-refractivity contribution in [3.05, 3.63) is 29.6 Å². The van der Waals surface area contributed by atoms with E-state index in [4.69, 9.17) is 0 Å². The molecule has 0 spiro atoms. The molecule has 0 saturated carbocycles. The molecule has 1 heterocycles. The zero-order valence-corrected chi connectivity index (χ0v) is 9.26. The second kappa shape index (κ2) is 4.19. The summed E-state index contributed by atoms with van der Waals surface area (Å²) in [5, 5.41) is 3.23. The van der Waals surface area contributed by atoms with E-state index in [0.29, 0.717) is 6.04 Å². The zero-order valence-electron chi connectivity index (χ0n) is 9.26. The highest BCUT2D eigenvalue weighted by molar-refractivity contribution is 5.55. The van der Waals surface area contributed by atoms with E-state index in [9.17, 15) is 4.39 Å². The van der Waals surface area contributed by atoms with E-state index in [1.165, 1.54) is 6.07 Å². The van der Waals surface area contributed by atoms with Crippen LogP contribution in [0.1, 0.15) is 12.5 Å². The number of rotatable bonds is 3. The fourth-order valence-electron chi connectivity index (χ4n) is 1.97. The Balaban J connectivity index is 2.29. The molecule has 3 heteroatoms. The Bertz CT molecular complexity index is 347. The Kier molecular flexibility index (Phi) is 2.91. The first kappa shape index (κ1) is 10.4. The van der Waals surface area contributed by atoms with Gasteiger partial charge in [-0.2, -0.15) is 0 Å². The molecule has 0 atom stereocenters. The molecule has 0 bridgehead atoms. The summed E-state index contributed by atoms with van der Waals surface area (Å²) < 4.78 is 13.6. The maximum atomic E-state index is 13.6. The van der Waals surface area contributed by atoms with E-state index >= 15 is 0 Å². The first-order chi connectivity index (χ1) is 7.24. The van der Waals surface area contributed by atoms with Crippen molar-refractivity contribution in [3.8, 4) is 0 Å². The van der Waals surface area contributed by atoms with Crippen LogP contribution in [0.3, 0.4) is 0 Å². The second-order valence-electron chi connectivity index (χ2n) is 4.01. The molecule has 82 valence electrons. The Morgan fingerprint density at radius 3 is 2.73 bits per heavy atom. The Morgan fingerprint density at radius 1 is 1.47 bits per heavy atom. The number of halogens is 1. The van der Waals surface area contributed by atoms with Crippen molar-refractivity contribution in [2.45, 2.75) is 19.4 Å². The molecule has 1 aliphatic heterocycles. The minimum Gasteiger partial charge on any atom is -0.369 e. The highest BCUT2D eigenvalue weighted by atomic mass is 19.1. The van der Waals surface area contributed by atoms with Crippen LogP contribution in [0.2, 0.25) is 0 Å². The molecule has 0 radical (unpaired) electrons. The number of hydrogen-bond acceptors (Lipinski definition) is 2.